The topological polar surface area (TPSA) is 41.5 Å². The molecule has 0 amide bonds. The van der Waals surface area contributed by atoms with Crippen LogP contribution in [0.5, 0.6) is 5.75 Å². The van der Waals surface area contributed by atoms with Crippen LogP contribution < -0.4 is 10.1 Å². The summed E-state index contributed by atoms with van der Waals surface area (Å²) < 4.78 is 40.2. The molecule has 0 saturated carbocycles. The molecule has 0 spiro atoms. The summed E-state index contributed by atoms with van der Waals surface area (Å²) in [6, 6.07) is 13.4. The van der Waals surface area contributed by atoms with Gasteiger partial charge in [-0.2, -0.15) is 0 Å². The predicted molar refractivity (Wildman–Crippen MR) is 78.9 cm³/mol. The average molecular weight is 323 g/mol. The molecule has 122 valence electrons. The zero-order valence-electron chi connectivity index (χ0n) is 12.2. The Morgan fingerprint density at radius 2 is 1.78 bits per heavy atom. The van der Waals surface area contributed by atoms with Crippen molar-refractivity contribution in [1.82, 2.24) is 5.32 Å². The second-order valence-electron chi connectivity index (χ2n) is 5.52. The molecule has 23 heavy (non-hydrogen) atoms. The van der Waals surface area contributed by atoms with E-state index in [9.17, 15) is 18.3 Å². The van der Waals surface area contributed by atoms with Gasteiger partial charge in [0.05, 0.1) is 12.1 Å². The van der Waals surface area contributed by atoms with E-state index in [0.717, 1.165) is 16.7 Å². The van der Waals surface area contributed by atoms with Gasteiger partial charge in [-0.3, -0.25) is 0 Å². The maximum absolute atomic E-state index is 12.1. The third kappa shape index (κ3) is 3.83. The van der Waals surface area contributed by atoms with Gasteiger partial charge in [0.1, 0.15) is 5.75 Å². The fourth-order valence-corrected chi connectivity index (χ4v) is 2.86. The molecule has 2 aromatic carbocycles. The second-order valence-corrected chi connectivity index (χ2v) is 5.52. The Bertz CT molecular complexity index is 670. The van der Waals surface area contributed by atoms with Crippen molar-refractivity contribution in [2.45, 2.75) is 31.5 Å². The highest BCUT2D eigenvalue weighted by atomic mass is 19.4. The number of rotatable bonds is 4. The van der Waals surface area contributed by atoms with E-state index >= 15 is 0 Å². The highest BCUT2D eigenvalue weighted by Crippen LogP contribution is 2.31. The summed E-state index contributed by atoms with van der Waals surface area (Å²) in [5.74, 6) is -0.243. The number of aliphatic hydroxyl groups is 1. The fraction of sp³-hybridized carbons (Fsp3) is 0.294. The van der Waals surface area contributed by atoms with Gasteiger partial charge in [-0.25, -0.2) is 0 Å². The largest absolute Gasteiger partial charge is 0.573 e. The summed E-state index contributed by atoms with van der Waals surface area (Å²) in [6.45, 7) is 0.447. The molecule has 0 radical (unpaired) electrons. The van der Waals surface area contributed by atoms with E-state index in [1.807, 2.05) is 24.3 Å². The number of aliphatic hydroxyl groups excluding tert-OH is 1. The molecule has 3 nitrogen and oxygen atoms in total. The van der Waals surface area contributed by atoms with Gasteiger partial charge in [0, 0.05) is 13.0 Å². The number of hydrogen-bond acceptors (Lipinski definition) is 3. The van der Waals surface area contributed by atoms with Crippen LogP contribution in [0.3, 0.4) is 0 Å². The number of benzene rings is 2. The highest BCUT2D eigenvalue weighted by molar-refractivity contribution is 5.36. The van der Waals surface area contributed by atoms with Crippen LogP contribution in [0.2, 0.25) is 0 Å². The molecule has 1 aliphatic rings. The molecule has 3 rings (SSSR count). The SMILES string of the molecule is O[C@@H]1Cc2ccccc2[C@@H]1NCc1ccc(OC(F)(F)F)cc1. The standard InChI is InChI=1S/C17H16F3NO2/c18-17(19,20)23-13-7-5-11(6-8-13)10-21-16-14-4-2-1-3-12(14)9-15(16)22/h1-8,15-16,21-22H,9-10H2/t15-,16+/m1/s1. The lowest BCUT2D eigenvalue weighted by Crippen LogP contribution is -2.28. The highest BCUT2D eigenvalue weighted by Gasteiger charge is 2.31. The van der Waals surface area contributed by atoms with Crippen molar-refractivity contribution in [1.29, 1.82) is 0 Å². The van der Waals surface area contributed by atoms with Gasteiger partial charge in [0.25, 0.3) is 0 Å². The summed E-state index contributed by atoms with van der Waals surface area (Å²) >= 11 is 0. The summed E-state index contributed by atoms with van der Waals surface area (Å²) in [5, 5.41) is 13.4. The minimum atomic E-state index is -4.68. The van der Waals surface area contributed by atoms with Crippen molar-refractivity contribution in [3.05, 3.63) is 65.2 Å². The minimum Gasteiger partial charge on any atom is -0.406 e. The van der Waals surface area contributed by atoms with E-state index in [-0.39, 0.29) is 11.8 Å². The van der Waals surface area contributed by atoms with Crippen LogP contribution in [0.15, 0.2) is 48.5 Å². The predicted octanol–water partition coefficient (Wildman–Crippen LogP) is 3.33. The molecule has 2 atom stereocenters. The van der Waals surface area contributed by atoms with Crippen molar-refractivity contribution >= 4 is 0 Å². The summed E-state index contributed by atoms with van der Waals surface area (Å²) in [6.07, 6.45) is -4.58. The van der Waals surface area contributed by atoms with Crippen molar-refractivity contribution < 1.29 is 23.0 Å². The van der Waals surface area contributed by atoms with Crippen molar-refractivity contribution in [2.24, 2.45) is 0 Å². The molecular formula is C17H16F3NO2. The van der Waals surface area contributed by atoms with E-state index in [1.54, 1.807) is 12.1 Å². The number of ether oxygens (including phenoxy) is 1. The molecule has 2 N–H and O–H groups in total. The maximum Gasteiger partial charge on any atom is 0.573 e. The van der Waals surface area contributed by atoms with E-state index in [1.165, 1.54) is 12.1 Å². The second kappa shape index (κ2) is 6.22. The molecule has 0 saturated heterocycles. The minimum absolute atomic E-state index is 0.169. The Morgan fingerprint density at radius 1 is 1.09 bits per heavy atom. The Kier molecular flexibility index (Phi) is 4.28. The van der Waals surface area contributed by atoms with Gasteiger partial charge in [0.15, 0.2) is 0 Å². The third-order valence-corrected chi connectivity index (χ3v) is 3.89. The molecule has 6 heteroatoms. The molecule has 2 aromatic rings. The number of halogens is 3. The van der Waals surface area contributed by atoms with Crippen molar-refractivity contribution in [3.63, 3.8) is 0 Å². The first kappa shape index (κ1) is 15.8. The number of fused-ring (bicyclic) bond motifs is 1. The van der Waals surface area contributed by atoms with Gasteiger partial charge in [-0.05, 0) is 28.8 Å². The lowest BCUT2D eigenvalue weighted by molar-refractivity contribution is -0.274. The van der Waals surface area contributed by atoms with Crippen molar-refractivity contribution in [3.8, 4) is 5.75 Å². The molecular weight excluding hydrogens is 307 g/mol. The molecule has 0 unspecified atom stereocenters. The van der Waals surface area contributed by atoms with E-state index in [2.05, 4.69) is 10.1 Å². The Balaban J connectivity index is 1.63. The van der Waals surface area contributed by atoms with Gasteiger partial charge in [-0.1, -0.05) is 36.4 Å². The van der Waals surface area contributed by atoms with Gasteiger partial charge in [0.2, 0.25) is 0 Å². The van der Waals surface area contributed by atoms with Crippen LogP contribution in [0.25, 0.3) is 0 Å². The van der Waals surface area contributed by atoms with Crippen LogP contribution in [-0.2, 0) is 13.0 Å². The molecule has 0 heterocycles. The Hall–Kier alpha value is -2.05. The first-order valence-corrected chi connectivity index (χ1v) is 7.26. The van der Waals surface area contributed by atoms with Crippen LogP contribution >= 0.6 is 0 Å². The van der Waals surface area contributed by atoms with E-state index in [0.29, 0.717) is 13.0 Å². The fourth-order valence-electron chi connectivity index (χ4n) is 2.86. The Labute approximate surface area is 131 Å². The Morgan fingerprint density at radius 3 is 2.48 bits per heavy atom. The first-order chi connectivity index (χ1) is 10.9. The molecule has 0 fully saturated rings. The van der Waals surface area contributed by atoms with Gasteiger partial charge >= 0.3 is 6.36 Å². The van der Waals surface area contributed by atoms with Crippen molar-refractivity contribution in [2.75, 3.05) is 0 Å². The summed E-state index contributed by atoms with van der Waals surface area (Å²) in [7, 11) is 0. The smallest absolute Gasteiger partial charge is 0.406 e. The first-order valence-electron chi connectivity index (χ1n) is 7.26. The number of alkyl halides is 3. The summed E-state index contributed by atoms with van der Waals surface area (Å²) in [5.41, 5.74) is 3.00. The quantitative estimate of drug-likeness (QED) is 0.907. The van der Waals surface area contributed by atoms with Crippen LogP contribution in [0.1, 0.15) is 22.7 Å². The number of nitrogens with one attached hydrogen (secondary N) is 1. The van der Waals surface area contributed by atoms with E-state index in [4.69, 9.17) is 0 Å². The lowest BCUT2D eigenvalue weighted by atomic mass is 10.1. The monoisotopic (exact) mass is 323 g/mol. The average Bonchev–Trinajstić information content (AvgIpc) is 2.80. The molecule has 1 aliphatic carbocycles. The zero-order valence-corrected chi connectivity index (χ0v) is 12.2. The van der Waals surface area contributed by atoms with Crippen LogP contribution in [0.4, 0.5) is 13.2 Å². The van der Waals surface area contributed by atoms with E-state index < -0.39 is 12.5 Å². The lowest BCUT2D eigenvalue weighted by Gasteiger charge is -2.18. The van der Waals surface area contributed by atoms with Gasteiger partial charge < -0.3 is 15.2 Å². The normalized spacial score (nSPS) is 20.3. The summed E-state index contributed by atoms with van der Waals surface area (Å²) in [4.78, 5) is 0. The van der Waals surface area contributed by atoms with Crippen LogP contribution in [-0.4, -0.2) is 17.6 Å². The zero-order chi connectivity index (χ0) is 16.4. The maximum atomic E-state index is 12.1. The number of hydrogen-bond donors (Lipinski definition) is 2. The molecule has 0 aromatic heterocycles. The van der Waals surface area contributed by atoms with Crippen LogP contribution in [0, 0.1) is 0 Å². The molecule has 0 aliphatic heterocycles. The third-order valence-electron chi connectivity index (χ3n) is 3.89. The van der Waals surface area contributed by atoms with Gasteiger partial charge in [-0.15, -0.1) is 13.2 Å². The molecule has 0 bridgehead atoms.